The second-order valence-corrected chi connectivity index (χ2v) is 3.36. The summed E-state index contributed by atoms with van der Waals surface area (Å²) in [6, 6.07) is 1.89. The van der Waals surface area contributed by atoms with Crippen LogP contribution in [0.5, 0.6) is 0 Å². The lowest BCUT2D eigenvalue weighted by Gasteiger charge is -1.98. The van der Waals surface area contributed by atoms with Crippen molar-refractivity contribution in [1.29, 1.82) is 0 Å². The molecule has 0 spiro atoms. The fourth-order valence-electron chi connectivity index (χ4n) is 1.42. The molecule has 0 amide bonds. The number of hydrogen-bond donors (Lipinski definition) is 0. The highest BCUT2D eigenvalue weighted by Crippen LogP contribution is 2.03. The minimum absolute atomic E-state index is 0.881. The van der Waals surface area contributed by atoms with E-state index in [0.29, 0.717) is 0 Å². The first kappa shape index (κ1) is 9.12. The van der Waals surface area contributed by atoms with Crippen LogP contribution in [-0.4, -0.2) is 19.6 Å². The molecule has 2 aromatic heterocycles. The van der Waals surface area contributed by atoms with Crippen molar-refractivity contribution < 1.29 is 0 Å². The molecule has 0 aliphatic rings. The molecule has 2 rings (SSSR count). The summed E-state index contributed by atoms with van der Waals surface area (Å²) in [5.41, 5.74) is 0.881. The molecule has 4 nitrogen and oxygen atoms in total. The van der Waals surface area contributed by atoms with E-state index < -0.39 is 0 Å². The van der Waals surface area contributed by atoms with E-state index in [1.807, 2.05) is 6.07 Å². The summed E-state index contributed by atoms with van der Waals surface area (Å²) in [5, 5.41) is 4.05. The molecule has 0 aliphatic heterocycles. The fraction of sp³-hybridized carbons (Fsp3) is 0.500. The Kier molecular flexibility index (Phi) is 2.72. The molecule has 74 valence electrons. The highest BCUT2D eigenvalue weighted by atomic mass is 15.3. The largest absolute Gasteiger partial charge is 0.221 e. The minimum Gasteiger partial charge on any atom is -0.221 e. The maximum atomic E-state index is 4.40. The van der Waals surface area contributed by atoms with Crippen LogP contribution in [0, 0.1) is 0 Å². The van der Waals surface area contributed by atoms with E-state index in [-0.39, 0.29) is 0 Å². The molecule has 0 N–H and O–H groups in total. The molecule has 0 bridgehead atoms. The third-order valence-corrected chi connectivity index (χ3v) is 2.21. The van der Waals surface area contributed by atoms with Crippen LogP contribution in [0.2, 0.25) is 0 Å². The van der Waals surface area contributed by atoms with Crippen LogP contribution in [-0.2, 0) is 6.42 Å². The molecule has 0 fully saturated rings. The van der Waals surface area contributed by atoms with Gasteiger partial charge in [0, 0.05) is 12.5 Å². The number of unbranched alkanes of at least 4 members (excludes halogenated alkanes) is 2. The summed E-state index contributed by atoms with van der Waals surface area (Å²) in [4.78, 5) is 8.64. The molecule has 14 heavy (non-hydrogen) atoms. The number of hydrogen-bond acceptors (Lipinski definition) is 3. The monoisotopic (exact) mass is 190 g/mol. The van der Waals surface area contributed by atoms with Gasteiger partial charge in [-0.05, 0) is 6.42 Å². The van der Waals surface area contributed by atoms with E-state index in [0.717, 1.165) is 17.9 Å². The van der Waals surface area contributed by atoms with Gasteiger partial charge in [0.1, 0.15) is 12.2 Å². The van der Waals surface area contributed by atoms with Gasteiger partial charge in [-0.3, -0.25) is 0 Å². The minimum atomic E-state index is 0.881. The normalized spacial score (nSPS) is 10.9. The summed E-state index contributed by atoms with van der Waals surface area (Å²) >= 11 is 0. The summed E-state index contributed by atoms with van der Waals surface area (Å²) in [7, 11) is 0. The molecule has 0 aliphatic carbocycles. The molecule has 0 atom stereocenters. The molecule has 0 aromatic carbocycles. The van der Waals surface area contributed by atoms with Gasteiger partial charge in [0.15, 0.2) is 5.65 Å². The zero-order chi connectivity index (χ0) is 9.80. The van der Waals surface area contributed by atoms with Crippen LogP contribution in [0.4, 0.5) is 0 Å². The van der Waals surface area contributed by atoms with E-state index >= 15 is 0 Å². The third-order valence-electron chi connectivity index (χ3n) is 2.21. The van der Waals surface area contributed by atoms with Gasteiger partial charge in [-0.1, -0.05) is 19.8 Å². The first-order valence-electron chi connectivity index (χ1n) is 5.05. The van der Waals surface area contributed by atoms with Crippen LogP contribution < -0.4 is 0 Å². The van der Waals surface area contributed by atoms with Gasteiger partial charge in [-0.15, -0.1) is 0 Å². The second-order valence-electron chi connectivity index (χ2n) is 3.36. The smallest absolute Gasteiger partial charge is 0.158 e. The zero-order valence-electron chi connectivity index (χ0n) is 8.35. The van der Waals surface area contributed by atoms with Crippen LogP contribution in [0.25, 0.3) is 5.65 Å². The lowest BCUT2D eigenvalue weighted by molar-refractivity contribution is 0.688. The quantitative estimate of drug-likeness (QED) is 0.691. The van der Waals surface area contributed by atoms with Gasteiger partial charge in [0.25, 0.3) is 0 Å². The lowest BCUT2D eigenvalue weighted by atomic mass is 10.2. The van der Waals surface area contributed by atoms with Crippen molar-refractivity contribution in [1.82, 2.24) is 19.6 Å². The van der Waals surface area contributed by atoms with Gasteiger partial charge >= 0.3 is 0 Å². The van der Waals surface area contributed by atoms with Crippen molar-refractivity contribution in [2.45, 2.75) is 32.6 Å². The Morgan fingerprint density at radius 3 is 3.14 bits per heavy atom. The van der Waals surface area contributed by atoms with E-state index in [9.17, 15) is 0 Å². The van der Waals surface area contributed by atoms with E-state index in [4.69, 9.17) is 0 Å². The van der Waals surface area contributed by atoms with Gasteiger partial charge in [0.05, 0.1) is 6.20 Å². The van der Waals surface area contributed by atoms with Crippen molar-refractivity contribution in [3.63, 3.8) is 0 Å². The van der Waals surface area contributed by atoms with Gasteiger partial charge in [-0.2, -0.15) is 5.10 Å². The summed E-state index contributed by atoms with van der Waals surface area (Å²) in [6.07, 6.45) is 8.07. The lowest BCUT2D eigenvalue weighted by Crippen LogP contribution is -1.99. The average Bonchev–Trinajstić information content (AvgIpc) is 2.65. The summed E-state index contributed by atoms with van der Waals surface area (Å²) < 4.78 is 1.68. The highest BCUT2D eigenvalue weighted by Gasteiger charge is 1.99. The van der Waals surface area contributed by atoms with Crippen LogP contribution in [0.3, 0.4) is 0 Å². The van der Waals surface area contributed by atoms with E-state index in [2.05, 4.69) is 22.0 Å². The number of aromatic nitrogens is 4. The van der Waals surface area contributed by atoms with Crippen LogP contribution in [0.1, 0.15) is 32.0 Å². The second kappa shape index (κ2) is 4.17. The number of fused-ring (bicyclic) bond motifs is 1. The Bertz CT molecular complexity index is 407. The first-order chi connectivity index (χ1) is 6.90. The van der Waals surface area contributed by atoms with Crippen molar-refractivity contribution >= 4 is 5.65 Å². The van der Waals surface area contributed by atoms with Crippen LogP contribution >= 0.6 is 0 Å². The molecule has 4 heteroatoms. The maximum absolute atomic E-state index is 4.40. The SMILES string of the molecule is CCCCCc1ncn2nccc2n1. The number of nitrogens with zero attached hydrogens (tertiary/aromatic N) is 4. The molecule has 2 aromatic rings. The maximum Gasteiger partial charge on any atom is 0.158 e. The Morgan fingerprint density at radius 1 is 1.36 bits per heavy atom. The molecule has 0 radical (unpaired) electrons. The predicted octanol–water partition coefficient (Wildman–Crippen LogP) is 1.86. The Labute approximate surface area is 83.0 Å². The van der Waals surface area contributed by atoms with Gasteiger partial charge in [0.2, 0.25) is 0 Å². The zero-order valence-corrected chi connectivity index (χ0v) is 8.35. The number of rotatable bonds is 4. The Balaban J connectivity index is 2.10. The van der Waals surface area contributed by atoms with Gasteiger partial charge < -0.3 is 0 Å². The fourth-order valence-corrected chi connectivity index (χ4v) is 1.42. The number of aryl methyl sites for hydroxylation is 1. The average molecular weight is 190 g/mol. The van der Waals surface area contributed by atoms with E-state index in [1.54, 1.807) is 17.0 Å². The van der Waals surface area contributed by atoms with Gasteiger partial charge in [-0.25, -0.2) is 14.5 Å². The van der Waals surface area contributed by atoms with Crippen molar-refractivity contribution in [3.8, 4) is 0 Å². The van der Waals surface area contributed by atoms with Crippen molar-refractivity contribution in [2.24, 2.45) is 0 Å². The Morgan fingerprint density at radius 2 is 2.29 bits per heavy atom. The molecular weight excluding hydrogens is 176 g/mol. The standard InChI is InChI=1S/C10H14N4/c1-2-3-4-5-9-11-8-14-10(13-9)6-7-12-14/h6-8H,2-5H2,1H3. The molecule has 0 saturated carbocycles. The van der Waals surface area contributed by atoms with E-state index in [1.165, 1.54) is 19.3 Å². The topological polar surface area (TPSA) is 43.1 Å². The van der Waals surface area contributed by atoms with Crippen molar-refractivity contribution in [2.75, 3.05) is 0 Å². The third kappa shape index (κ3) is 1.89. The molecular formula is C10H14N4. The van der Waals surface area contributed by atoms with Crippen molar-refractivity contribution in [3.05, 3.63) is 24.4 Å². The predicted molar refractivity (Wildman–Crippen MR) is 54.0 cm³/mol. The molecule has 0 unspecified atom stereocenters. The summed E-state index contributed by atoms with van der Waals surface area (Å²) in [6.45, 7) is 2.20. The van der Waals surface area contributed by atoms with Crippen LogP contribution in [0.15, 0.2) is 18.6 Å². The molecule has 2 heterocycles. The molecule has 0 saturated heterocycles. The first-order valence-corrected chi connectivity index (χ1v) is 5.05. The highest BCUT2D eigenvalue weighted by molar-refractivity contribution is 5.34. The summed E-state index contributed by atoms with van der Waals surface area (Å²) in [5.74, 6) is 0.923. The Hall–Kier alpha value is -1.45.